The van der Waals surface area contributed by atoms with Gasteiger partial charge in [-0.25, -0.2) is 0 Å². The standard InChI is InChI=1S/C21H33N3O3/c1-16-14-21(2,3)24(19-6-5-17(26-4)13-18(16)19)20(25)15-22-7-8-23-9-11-27-12-10-23/h5-6,13,16,22H,7-12,14-15H2,1-4H3/t16-/m1/s1. The van der Waals surface area contributed by atoms with Crippen LogP contribution in [0.1, 0.15) is 38.7 Å². The minimum Gasteiger partial charge on any atom is -0.497 e. The van der Waals surface area contributed by atoms with Crippen LogP contribution in [0.4, 0.5) is 5.69 Å². The quantitative estimate of drug-likeness (QED) is 0.773. The monoisotopic (exact) mass is 375 g/mol. The van der Waals surface area contributed by atoms with Crippen molar-refractivity contribution in [2.24, 2.45) is 0 Å². The molecule has 0 bridgehead atoms. The van der Waals surface area contributed by atoms with E-state index in [0.717, 1.165) is 57.3 Å². The molecular formula is C21H33N3O3. The molecular weight excluding hydrogens is 342 g/mol. The zero-order valence-electron chi connectivity index (χ0n) is 17.1. The summed E-state index contributed by atoms with van der Waals surface area (Å²) in [5, 5.41) is 3.33. The molecule has 2 aliphatic heterocycles. The van der Waals surface area contributed by atoms with Crippen LogP contribution in [-0.2, 0) is 9.53 Å². The third-order valence-corrected chi connectivity index (χ3v) is 5.65. The second-order valence-electron chi connectivity index (χ2n) is 8.20. The Labute approximate surface area is 162 Å². The zero-order valence-corrected chi connectivity index (χ0v) is 17.1. The molecule has 27 heavy (non-hydrogen) atoms. The first-order valence-electron chi connectivity index (χ1n) is 9.94. The predicted octanol–water partition coefficient (Wildman–Crippen LogP) is 2.24. The number of rotatable bonds is 6. The maximum absolute atomic E-state index is 13.1. The van der Waals surface area contributed by atoms with E-state index in [-0.39, 0.29) is 11.4 Å². The lowest BCUT2D eigenvalue weighted by Crippen LogP contribution is -2.54. The molecule has 150 valence electrons. The Kier molecular flexibility index (Phi) is 6.40. The largest absolute Gasteiger partial charge is 0.497 e. The number of ether oxygens (including phenoxy) is 2. The van der Waals surface area contributed by atoms with E-state index in [2.05, 4.69) is 37.1 Å². The highest BCUT2D eigenvalue weighted by Gasteiger charge is 2.39. The molecule has 1 N–H and O–H groups in total. The molecule has 2 aliphatic rings. The fraction of sp³-hybridized carbons (Fsp3) is 0.667. The number of benzene rings is 1. The lowest BCUT2D eigenvalue weighted by Gasteiger charge is -2.46. The maximum atomic E-state index is 13.1. The van der Waals surface area contributed by atoms with E-state index >= 15 is 0 Å². The molecule has 1 saturated heterocycles. The Morgan fingerprint density at radius 1 is 1.33 bits per heavy atom. The van der Waals surface area contributed by atoms with E-state index in [0.29, 0.717) is 12.5 Å². The average molecular weight is 376 g/mol. The van der Waals surface area contributed by atoms with Gasteiger partial charge in [-0.15, -0.1) is 0 Å². The van der Waals surface area contributed by atoms with Crippen LogP contribution in [0.3, 0.4) is 0 Å². The number of fused-ring (bicyclic) bond motifs is 1. The Bertz CT molecular complexity index is 656. The van der Waals surface area contributed by atoms with Crippen LogP contribution in [-0.4, -0.2) is 69.4 Å². The number of amides is 1. The van der Waals surface area contributed by atoms with Gasteiger partial charge in [0.1, 0.15) is 5.75 Å². The summed E-state index contributed by atoms with van der Waals surface area (Å²) < 4.78 is 10.8. The van der Waals surface area contributed by atoms with Gasteiger partial charge in [-0.1, -0.05) is 6.92 Å². The first kappa shape index (κ1) is 20.1. The van der Waals surface area contributed by atoms with Gasteiger partial charge >= 0.3 is 0 Å². The van der Waals surface area contributed by atoms with Crippen LogP contribution in [0.15, 0.2) is 18.2 Å². The summed E-state index contributed by atoms with van der Waals surface area (Å²) in [5.74, 6) is 1.36. The number of carbonyl (C=O) groups excluding carboxylic acids is 1. The van der Waals surface area contributed by atoms with Crippen LogP contribution in [0.2, 0.25) is 0 Å². The van der Waals surface area contributed by atoms with Gasteiger partial charge in [0.05, 0.1) is 26.9 Å². The Hall–Kier alpha value is -1.63. The van der Waals surface area contributed by atoms with Crippen molar-refractivity contribution < 1.29 is 14.3 Å². The molecule has 6 nitrogen and oxygen atoms in total. The highest BCUT2D eigenvalue weighted by molar-refractivity contribution is 5.97. The van der Waals surface area contributed by atoms with Crippen LogP contribution in [0.5, 0.6) is 5.75 Å². The minimum absolute atomic E-state index is 0.125. The number of methoxy groups -OCH3 is 1. The van der Waals surface area contributed by atoms with E-state index in [9.17, 15) is 4.79 Å². The molecule has 1 fully saturated rings. The van der Waals surface area contributed by atoms with Gasteiger partial charge in [-0.2, -0.15) is 0 Å². The van der Waals surface area contributed by atoms with Crippen molar-refractivity contribution in [3.63, 3.8) is 0 Å². The van der Waals surface area contributed by atoms with Crippen molar-refractivity contribution in [2.75, 3.05) is 57.9 Å². The smallest absolute Gasteiger partial charge is 0.241 e. The van der Waals surface area contributed by atoms with Crippen molar-refractivity contribution in [2.45, 2.75) is 38.6 Å². The third kappa shape index (κ3) is 4.62. The van der Waals surface area contributed by atoms with Gasteiger partial charge in [0.2, 0.25) is 5.91 Å². The second-order valence-corrected chi connectivity index (χ2v) is 8.20. The second kappa shape index (κ2) is 8.59. The van der Waals surface area contributed by atoms with Crippen LogP contribution in [0.25, 0.3) is 0 Å². The minimum atomic E-state index is -0.204. The van der Waals surface area contributed by atoms with Crippen molar-refractivity contribution in [1.29, 1.82) is 0 Å². The van der Waals surface area contributed by atoms with Crippen LogP contribution >= 0.6 is 0 Å². The molecule has 6 heteroatoms. The lowest BCUT2D eigenvalue weighted by molar-refractivity contribution is -0.119. The summed E-state index contributed by atoms with van der Waals surface area (Å²) in [6, 6.07) is 6.04. The Balaban J connectivity index is 1.64. The molecule has 0 unspecified atom stereocenters. The third-order valence-electron chi connectivity index (χ3n) is 5.65. The molecule has 0 spiro atoms. The molecule has 1 aromatic carbocycles. The number of nitrogens with zero attached hydrogens (tertiary/aromatic N) is 2. The number of hydrogen-bond donors (Lipinski definition) is 1. The molecule has 3 rings (SSSR count). The summed E-state index contributed by atoms with van der Waals surface area (Å²) in [6.45, 7) is 12.2. The lowest BCUT2D eigenvalue weighted by atomic mass is 9.80. The highest BCUT2D eigenvalue weighted by Crippen LogP contribution is 2.44. The maximum Gasteiger partial charge on any atom is 0.241 e. The number of carbonyl (C=O) groups is 1. The van der Waals surface area contributed by atoms with Crippen molar-refractivity contribution in [3.05, 3.63) is 23.8 Å². The fourth-order valence-electron chi connectivity index (χ4n) is 4.34. The summed E-state index contributed by atoms with van der Waals surface area (Å²) >= 11 is 0. The number of nitrogens with one attached hydrogen (secondary N) is 1. The average Bonchev–Trinajstić information content (AvgIpc) is 2.65. The summed E-state index contributed by atoms with van der Waals surface area (Å²) in [5.41, 5.74) is 2.00. The molecule has 2 heterocycles. The number of morpholine rings is 1. The highest BCUT2D eigenvalue weighted by atomic mass is 16.5. The molecule has 0 saturated carbocycles. The van der Waals surface area contributed by atoms with Crippen LogP contribution < -0.4 is 15.0 Å². The normalized spacial score (nSPS) is 22.4. The Morgan fingerprint density at radius 2 is 2.07 bits per heavy atom. The molecule has 0 radical (unpaired) electrons. The predicted molar refractivity (Wildman–Crippen MR) is 108 cm³/mol. The SMILES string of the molecule is COc1ccc2c(c1)[C@H](C)CC(C)(C)N2C(=O)CNCCN1CCOCC1. The number of anilines is 1. The van der Waals surface area contributed by atoms with Gasteiger partial charge in [-0.05, 0) is 49.9 Å². The van der Waals surface area contributed by atoms with E-state index in [1.807, 2.05) is 17.0 Å². The summed E-state index contributed by atoms with van der Waals surface area (Å²) in [4.78, 5) is 17.4. The zero-order chi connectivity index (χ0) is 19.4. The van der Waals surface area contributed by atoms with E-state index in [1.165, 1.54) is 5.56 Å². The Morgan fingerprint density at radius 3 is 2.78 bits per heavy atom. The van der Waals surface area contributed by atoms with E-state index < -0.39 is 0 Å². The van der Waals surface area contributed by atoms with Gasteiger partial charge in [0.25, 0.3) is 0 Å². The van der Waals surface area contributed by atoms with Gasteiger partial charge in [0, 0.05) is 37.4 Å². The van der Waals surface area contributed by atoms with Crippen molar-refractivity contribution in [1.82, 2.24) is 10.2 Å². The summed E-state index contributed by atoms with van der Waals surface area (Å²) in [7, 11) is 1.68. The van der Waals surface area contributed by atoms with Crippen LogP contribution in [0, 0.1) is 0 Å². The molecule has 1 amide bonds. The molecule has 0 aliphatic carbocycles. The topological polar surface area (TPSA) is 54.0 Å². The first-order chi connectivity index (χ1) is 12.9. The van der Waals surface area contributed by atoms with Gasteiger partial charge in [-0.3, -0.25) is 9.69 Å². The number of hydrogen-bond acceptors (Lipinski definition) is 5. The summed E-state index contributed by atoms with van der Waals surface area (Å²) in [6.07, 6.45) is 0.937. The van der Waals surface area contributed by atoms with E-state index in [1.54, 1.807) is 7.11 Å². The van der Waals surface area contributed by atoms with Gasteiger partial charge < -0.3 is 19.7 Å². The van der Waals surface area contributed by atoms with Crippen molar-refractivity contribution >= 4 is 11.6 Å². The molecule has 0 aromatic heterocycles. The van der Waals surface area contributed by atoms with E-state index in [4.69, 9.17) is 9.47 Å². The van der Waals surface area contributed by atoms with Gasteiger partial charge in [0.15, 0.2) is 0 Å². The van der Waals surface area contributed by atoms with Crippen molar-refractivity contribution in [3.8, 4) is 5.75 Å². The molecule has 1 atom stereocenters. The fourth-order valence-corrected chi connectivity index (χ4v) is 4.34. The first-order valence-corrected chi connectivity index (χ1v) is 9.94. The molecule has 1 aromatic rings.